The third-order valence-electron chi connectivity index (χ3n) is 3.45. The second kappa shape index (κ2) is 5.02. The summed E-state index contributed by atoms with van der Waals surface area (Å²) in [5.74, 6) is 0.647. The molecule has 3 rings (SSSR count). The lowest BCUT2D eigenvalue weighted by Gasteiger charge is -2.11. The number of halogens is 1. The van der Waals surface area contributed by atoms with Gasteiger partial charge in [-0.3, -0.25) is 0 Å². The Morgan fingerprint density at radius 1 is 1.16 bits per heavy atom. The zero-order chi connectivity index (χ0) is 13.2. The maximum Gasteiger partial charge on any atom is 0.126 e. The molecule has 1 fully saturated rings. The summed E-state index contributed by atoms with van der Waals surface area (Å²) in [6, 6.07) is 14.7. The van der Waals surface area contributed by atoms with E-state index < -0.39 is 0 Å². The molecule has 2 N–H and O–H groups in total. The Balaban J connectivity index is 1.78. The molecule has 1 aliphatic rings. The average Bonchev–Trinajstić information content (AvgIpc) is 3.14. The van der Waals surface area contributed by atoms with E-state index >= 15 is 0 Å². The predicted octanol–water partition coefficient (Wildman–Crippen LogP) is 3.22. The van der Waals surface area contributed by atoms with E-state index in [-0.39, 0.29) is 11.9 Å². The lowest BCUT2D eigenvalue weighted by molar-refractivity contribution is 0.301. The average molecular weight is 257 g/mol. The Hall–Kier alpha value is -1.87. The summed E-state index contributed by atoms with van der Waals surface area (Å²) >= 11 is 0. The minimum atomic E-state index is -0.277. The van der Waals surface area contributed by atoms with Crippen LogP contribution in [0, 0.1) is 5.82 Å². The fraction of sp³-hybridized carbons (Fsp3) is 0.250. The van der Waals surface area contributed by atoms with Gasteiger partial charge in [-0.25, -0.2) is 4.39 Å². The molecule has 2 aromatic carbocycles. The van der Waals surface area contributed by atoms with Crippen LogP contribution < -0.4 is 10.5 Å². The van der Waals surface area contributed by atoms with E-state index in [1.807, 2.05) is 30.3 Å². The summed E-state index contributed by atoms with van der Waals surface area (Å²) < 4.78 is 19.1. The van der Waals surface area contributed by atoms with Crippen molar-refractivity contribution in [3.05, 3.63) is 65.5 Å². The summed E-state index contributed by atoms with van der Waals surface area (Å²) in [5, 5.41) is 0. The molecule has 3 heteroatoms. The van der Waals surface area contributed by atoms with Gasteiger partial charge in [0.25, 0.3) is 0 Å². The van der Waals surface area contributed by atoms with Gasteiger partial charge in [0, 0.05) is 18.0 Å². The van der Waals surface area contributed by atoms with Crippen molar-refractivity contribution in [1.82, 2.24) is 0 Å². The van der Waals surface area contributed by atoms with Crippen LogP contribution in [0.25, 0.3) is 0 Å². The first kappa shape index (κ1) is 12.2. The van der Waals surface area contributed by atoms with E-state index in [9.17, 15) is 4.39 Å². The molecule has 0 saturated heterocycles. The number of benzene rings is 2. The van der Waals surface area contributed by atoms with Gasteiger partial charge in [-0.1, -0.05) is 36.4 Å². The standard InChI is InChI=1S/C16H16FNO/c17-12-6-7-13(14-9-15(14)18)16(8-12)19-10-11-4-2-1-3-5-11/h1-8,14-15H,9-10,18H2/t14-,15+/m0/s1. The van der Waals surface area contributed by atoms with Crippen molar-refractivity contribution < 1.29 is 9.13 Å². The summed E-state index contributed by atoms with van der Waals surface area (Å²) in [6.45, 7) is 0.444. The number of rotatable bonds is 4. The fourth-order valence-electron chi connectivity index (χ4n) is 2.25. The van der Waals surface area contributed by atoms with Crippen LogP contribution in [-0.4, -0.2) is 6.04 Å². The zero-order valence-corrected chi connectivity index (χ0v) is 10.6. The second-order valence-electron chi connectivity index (χ2n) is 4.96. The first-order chi connectivity index (χ1) is 9.24. The molecule has 0 aliphatic heterocycles. The van der Waals surface area contributed by atoms with Gasteiger partial charge in [-0.2, -0.15) is 0 Å². The minimum absolute atomic E-state index is 0.185. The van der Waals surface area contributed by atoms with E-state index in [4.69, 9.17) is 10.5 Å². The van der Waals surface area contributed by atoms with Gasteiger partial charge in [0.1, 0.15) is 18.2 Å². The molecule has 2 nitrogen and oxygen atoms in total. The molecule has 2 aromatic rings. The molecule has 19 heavy (non-hydrogen) atoms. The van der Waals surface area contributed by atoms with Crippen LogP contribution in [-0.2, 0) is 6.61 Å². The van der Waals surface area contributed by atoms with Crippen molar-refractivity contribution in [2.45, 2.75) is 25.0 Å². The van der Waals surface area contributed by atoms with Gasteiger partial charge < -0.3 is 10.5 Å². The monoisotopic (exact) mass is 257 g/mol. The SMILES string of the molecule is N[C@@H]1C[C@H]1c1ccc(F)cc1OCc1ccccc1. The van der Waals surface area contributed by atoms with E-state index in [2.05, 4.69) is 0 Å². The highest BCUT2D eigenvalue weighted by Crippen LogP contribution is 2.43. The largest absolute Gasteiger partial charge is 0.489 e. The van der Waals surface area contributed by atoms with Crippen LogP contribution in [0.2, 0.25) is 0 Å². The summed E-state index contributed by atoms with van der Waals surface area (Å²) in [5.41, 5.74) is 7.95. The molecular weight excluding hydrogens is 241 g/mol. The first-order valence-electron chi connectivity index (χ1n) is 6.46. The van der Waals surface area contributed by atoms with Crippen LogP contribution in [0.15, 0.2) is 48.5 Å². The molecule has 1 saturated carbocycles. The number of hydrogen-bond donors (Lipinski definition) is 1. The highest BCUT2D eigenvalue weighted by molar-refractivity contribution is 5.41. The molecule has 0 aromatic heterocycles. The van der Waals surface area contributed by atoms with E-state index in [0.29, 0.717) is 18.3 Å². The molecule has 98 valence electrons. The van der Waals surface area contributed by atoms with Crippen molar-refractivity contribution >= 4 is 0 Å². The Kier molecular flexibility index (Phi) is 3.22. The Bertz CT molecular complexity index is 570. The van der Waals surface area contributed by atoms with Gasteiger partial charge in [0.15, 0.2) is 0 Å². The first-order valence-corrected chi connectivity index (χ1v) is 6.46. The lowest BCUT2D eigenvalue weighted by Crippen LogP contribution is -2.04. The third kappa shape index (κ3) is 2.76. The second-order valence-corrected chi connectivity index (χ2v) is 4.96. The van der Waals surface area contributed by atoms with Crippen molar-refractivity contribution in [3.8, 4) is 5.75 Å². The highest BCUT2D eigenvalue weighted by atomic mass is 19.1. The Morgan fingerprint density at radius 2 is 1.89 bits per heavy atom. The van der Waals surface area contributed by atoms with Crippen molar-refractivity contribution in [2.75, 3.05) is 0 Å². The number of nitrogens with two attached hydrogens (primary N) is 1. The van der Waals surface area contributed by atoms with Crippen molar-refractivity contribution in [3.63, 3.8) is 0 Å². The molecule has 1 aliphatic carbocycles. The number of ether oxygens (including phenoxy) is 1. The molecular formula is C16H16FNO. The smallest absolute Gasteiger partial charge is 0.126 e. The zero-order valence-electron chi connectivity index (χ0n) is 10.6. The molecule has 0 heterocycles. The predicted molar refractivity (Wildman–Crippen MR) is 72.5 cm³/mol. The molecule has 0 spiro atoms. The molecule has 0 amide bonds. The van der Waals surface area contributed by atoms with E-state index in [1.165, 1.54) is 12.1 Å². The van der Waals surface area contributed by atoms with Crippen LogP contribution in [0.3, 0.4) is 0 Å². The summed E-state index contributed by atoms with van der Waals surface area (Å²) in [4.78, 5) is 0. The van der Waals surface area contributed by atoms with Crippen molar-refractivity contribution in [1.29, 1.82) is 0 Å². The Labute approximate surface area is 112 Å². The van der Waals surface area contributed by atoms with Gasteiger partial charge in [0.05, 0.1) is 0 Å². The number of hydrogen-bond acceptors (Lipinski definition) is 2. The Morgan fingerprint density at radius 3 is 2.58 bits per heavy atom. The molecule has 0 bridgehead atoms. The van der Waals surface area contributed by atoms with Crippen LogP contribution >= 0.6 is 0 Å². The van der Waals surface area contributed by atoms with Gasteiger partial charge in [0.2, 0.25) is 0 Å². The third-order valence-corrected chi connectivity index (χ3v) is 3.45. The molecule has 0 unspecified atom stereocenters. The van der Waals surface area contributed by atoms with Crippen LogP contribution in [0.4, 0.5) is 4.39 Å². The highest BCUT2D eigenvalue weighted by Gasteiger charge is 2.37. The molecule has 0 radical (unpaired) electrons. The summed E-state index contributed by atoms with van der Waals surface area (Å²) in [6.07, 6.45) is 0.952. The fourth-order valence-corrected chi connectivity index (χ4v) is 2.25. The van der Waals surface area contributed by atoms with Gasteiger partial charge in [-0.05, 0) is 23.6 Å². The van der Waals surface area contributed by atoms with Crippen LogP contribution in [0.5, 0.6) is 5.75 Å². The topological polar surface area (TPSA) is 35.2 Å². The van der Waals surface area contributed by atoms with Gasteiger partial charge in [-0.15, -0.1) is 0 Å². The maximum absolute atomic E-state index is 13.3. The molecule has 2 atom stereocenters. The maximum atomic E-state index is 13.3. The lowest BCUT2D eigenvalue weighted by atomic mass is 10.1. The van der Waals surface area contributed by atoms with E-state index in [0.717, 1.165) is 17.5 Å². The quantitative estimate of drug-likeness (QED) is 0.912. The van der Waals surface area contributed by atoms with E-state index in [1.54, 1.807) is 6.07 Å². The van der Waals surface area contributed by atoms with Gasteiger partial charge >= 0.3 is 0 Å². The summed E-state index contributed by atoms with van der Waals surface area (Å²) in [7, 11) is 0. The van der Waals surface area contributed by atoms with Crippen LogP contribution in [0.1, 0.15) is 23.5 Å². The normalized spacial score (nSPS) is 21.2. The van der Waals surface area contributed by atoms with Crippen molar-refractivity contribution in [2.24, 2.45) is 5.73 Å². The minimum Gasteiger partial charge on any atom is -0.489 e.